The zero-order valence-electron chi connectivity index (χ0n) is 17.8. The number of benzene rings is 2. The van der Waals surface area contributed by atoms with Crippen molar-refractivity contribution in [1.82, 2.24) is 9.80 Å². The van der Waals surface area contributed by atoms with Gasteiger partial charge < -0.3 is 10.5 Å². The van der Waals surface area contributed by atoms with E-state index in [2.05, 4.69) is 0 Å². The second-order valence-corrected chi connectivity index (χ2v) is 8.13. The topological polar surface area (TPSA) is 110 Å². The van der Waals surface area contributed by atoms with Crippen molar-refractivity contribution in [1.29, 1.82) is 0 Å². The van der Waals surface area contributed by atoms with Crippen molar-refractivity contribution in [2.24, 2.45) is 5.73 Å². The molecule has 4 rings (SSSR count). The minimum absolute atomic E-state index is 0.245. The van der Waals surface area contributed by atoms with E-state index in [1.54, 1.807) is 32.0 Å². The van der Waals surface area contributed by atoms with Crippen molar-refractivity contribution in [3.05, 3.63) is 58.7 Å². The van der Waals surface area contributed by atoms with Crippen molar-refractivity contribution in [2.45, 2.75) is 38.8 Å². The van der Waals surface area contributed by atoms with Gasteiger partial charge in [-0.05, 0) is 56.7 Å². The van der Waals surface area contributed by atoms with Crippen molar-refractivity contribution in [3.63, 3.8) is 0 Å². The van der Waals surface area contributed by atoms with E-state index in [4.69, 9.17) is 10.5 Å². The molecular weight excluding hydrogens is 398 g/mol. The third-order valence-electron chi connectivity index (χ3n) is 6.36. The molecule has 31 heavy (non-hydrogen) atoms. The summed E-state index contributed by atoms with van der Waals surface area (Å²) in [7, 11) is 1.42. The van der Waals surface area contributed by atoms with Gasteiger partial charge in [-0.15, -0.1) is 0 Å². The van der Waals surface area contributed by atoms with Crippen LogP contribution in [-0.4, -0.2) is 52.1 Å². The Morgan fingerprint density at radius 2 is 1.32 bits per heavy atom. The standard InChI is InChI=1S/C23H23N3O5/c1-5-23(3,12(2)24)26-21(29)16-9-7-14(11-18(16)22(26)30)31-13-6-8-15-17(10-13)20(28)25(4)19(15)27/h6-12H,5,24H2,1-4H3. The van der Waals surface area contributed by atoms with Gasteiger partial charge >= 0.3 is 0 Å². The van der Waals surface area contributed by atoms with Crippen LogP contribution in [-0.2, 0) is 0 Å². The molecule has 0 saturated heterocycles. The van der Waals surface area contributed by atoms with E-state index in [9.17, 15) is 19.2 Å². The smallest absolute Gasteiger partial charge is 0.262 e. The molecule has 4 amide bonds. The molecule has 0 aliphatic carbocycles. The number of rotatable bonds is 5. The zero-order chi connectivity index (χ0) is 22.7. The van der Waals surface area contributed by atoms with Crippen LogP contribution in [0, 0.1) is 0 Å². The number of carbonyl (C=O) groups excluding carboxylic acids is 4. The number of ether oxygens (including phenoxy) is 1. The van der Waals surface area contributed by atoms with Crippen LogP contribution in [0.1, 0.15) is 68.6 Å². The molecule has 8 nitrogen and oxygen atoms in total. The Bertz CT molecular complexity index is 1160. The third kappa shape index (κ3) is 2.94. The lowest BCUT2D eigenvalue weighted by molar-refractivity contribution is 0.0399. The van der Waals surface area contributed by atoms with E-state index in [1.807, 2.05) is 6.92 Å². The second-order valence-electron chi connectivity index (χ2n) is 8.13. The first-order valence-electron chi connectivity index (χ1n) is 10.0. The van der Waals surface area contributed by atoms with Gasteiger partial charge in [0.2, 0.25) is 0 Å². The van der Waals surface area contributed by atoms with Crippen LogP contribution >= 0.6 is 0 Å². The van der Waals surface area contributed by atoms with E-state index < -0.39 is 23.4 Å². The van der Waals surface area contributed by atoms with Gasteiger partial charge in [0.1, 0.15) is 11.5 Å². The van der Waals surface area contributed by atoms with Gasteiger partial charge in [-0.1, -0.05) is 6.92 Å². The molecule has 2 aromatic rings. The molecule has 2 aliphatic rings. The molecule has 0 aromatic heterocycles. The Balaban J connectivity index is 1.65. The predicted octanol–water partition coefficient (Wildman–Crippen LogP) is 2.82. The van der Waals surface area contributed by atoms with Crippen LogP contribution in [0.3, 0.4) is 0 Å². The van der Waals surface area contributed by atoms with Gasteiger partial charge in [0.05, 0.1) is 27.8 Å². The van der Waals surface area contributed by atoms with E-state index in [0.717, 1.165) is 4.90 Å². The van der Waals surface area contributed by atoms with Crippen molar-refractivity contribution >= 4 is 23.6 Å². The number of carbonyl (C=O) groups is 4. The summed E-state index contributed by atoms with van der Waals surface area (Å²) in [6.45, 7) is 5.47. The van der Waals surface area contributed by atoms with Crippen molar-refractivity contribution in [3.8, 4) is 11.5 Å². The monoisotopic (exact) mass is 421 g/mol. The first-order valence-corrected chi connectivity index (χ1v) is 10.0. The summed E-state index contributed by atoms with van der Waals surface area (Å²) < 4.78 is 5.84. The highest BCUT2D eigenvalue weighted by molar-refractivity contribution is 6.22. The molecule has 160 valence electrons. The summed E-state index contributed by atoms with van der Waals surface area (Å²) in [5, 5.41) is 0. The van der Waals surface area contributed by atoms with Gasteiger partial charge in [0.25, 0.3) is 23.6 Å². The summed E-state index contributed by atoms with van der Waals surface area (Å²) in [4.78, 5) is 52.6. The number of nitrogens with zero attached hydrogens (tertiary/aromatic N) is 2. The summed E-state index contributed by atoms with van der Waals surface area (Å²) in [6.07, 6.45) is 0.524. The lowest BCUT2D eigenvalue weighted by Gasteiger charge is -2.39. The maximum absolute atomic E-state index is 13.1. The fourth-order valence-electron chi connectivity index (χ4n) is 3.97. The molecule has 2 unspecified atom stereocenters. The molecule has 0 fully saturated rings. The van der Waals surface area contributed by atoms with E-state index in [1.165, 1.54) is 30.1 Å². The van der Waals surface area contributed by atoms with Crippen molar-refractivity contribution in [2.75, 3.05) is 7.05 Å². The maximum Gasteiger partial charge on any atom is 0.262 e. The molecule has 0 spiro atoms. The summed E-state index contributed by atoms with van der Waals surface area (Å²) >= 11 is 0. The Hall–Kier alpha value is -3.52. The minimum atomic E-state index is -0.812. The van der Waals surface area contributed by atoms with Gasteiger partial charge in [-0.2, -0.15) is 0 Å². The van der Waals surface area contributed by atoms with Crippen LogP contribution in [0.25, 0.3) is 0 Å². The second kappa shape index (κ2) is 7.02. The van der Waals surface area contributed by atoms with Gasteiger partial charge in [-0.3, -0.25) is 29.0 Å². The molecule has 2 aromatic carbocycles. The van der Waals surface area contributed by atoms with E-state index >= 15 is 0 Å². The number of hydrogen-bond donors (Lipinski definition) is 1. The van der Waals surface area contributed by atoms with Crippen LogP contribution in [0.5, 0.6) is 11.5 Å². The van der Waals surface area contributed by atoms with Gasteiger partial charge in [0.15, 0.2) is 0 Å². The summed E-state index contributed by atoms with van der Waals surface area (Å²) in [6, 6.07) is 8.87. The highest BCUT2D eigenvalue weighted by atomic mass is 16.5. The molecule has 8 heteroatoms. The first-order chi connectivity index (χ1) is 14.6. The number of imide groups is 2. The van der Waals surface area contributed by atoms with E-state index in [0.29, 0.717) is 29.0 Å². The molecule has 0 radical (unpaired) electrons. The summed E-state index contributed by atoms with van der Waals surface area (Å²) in [5.41, 5.74) is 6.42. The quantitative estimate of drug-likeness (QED) is 0.744. The number of fused-ring (bicyclic) bond motifs is 2. The molecule has 0 saturated carbocycles. The predicted molar refractivity (Wildman–Crippen MR) is 112 cm³/mol. The molecule has 2 aliphatic heterocycles. The molecule has 2 heterocycles. The molecule has 2 N–H and O–H groups in total. The maximum atomic E-state index is 13.1. The largest absolute Gasteiger partial charge is 0.457 e. The van der Waals surface area contributed by atoms with Crippen LogP contribution < -0.4 is 10.5 Å². The van der Waals surface area contributed by atoms with Gasteiger partial charge in [0, 0.05) is 13.1 Å². The highest BCUT2D eigenvalue weighted by Gasteiger charge is 2.47. The lowest BCUT2D eigenvalue weighted by Crippen LogP contribution is -2.58. The Kier molecular flexibility index (Phi) is 4.70. The average Bonchev–Trinajstić information content (AvgIpc) is 3.12. The average molecular weight is 421 g/mol. The fraction of sp³-hybridized carbons (Fsp3) is 0.304. The van der Waals surface area contributed by atoms with Crippen LogP contribution in [0.4, 0.5) is 0 Å². The SMILES string of the molecule is CCC(C)(C(C)N)N1C(=O)c2ccc(Oc3ccc4c(c3)C(=O)N(C)C4=O)cc2C1=O. The molecule has 2 atom stereocenters. The van der Waals surface area contributed by atoms with E-state index in [-0.39, 0.29) is 22.9 Å². The normalized spacial score (nSPS) is 18.2. The lowest BCUT2D eigenvalue weighted by atomic mass is 9.89. The number of hydrogen-bond acceptors (Lipinski definition) is 6. The fourth-order valence-corrected chi connectivity index (χ4v) is 3.97. The summed E-state index contributed by atoms with van der Waals surface area (Å²) in [5.74, 6) is -0.864. The van der Waals surface area contributed by atoms with Crippen LogP contribution in [0.15, 0.2) is 36.4 Å². The molecule has 0 bridgehead atoms. The van der Waals surface area contributed by atoms with Crippen LogP contribution in [0.2, 0.25) is 0 Å². The Morgan fingerprint density at radius 1 is 0.871 bits per heavy atom. The zero-order valence-corrected chi connectivity index (χ0v) is 17.8. The third-order valence-corrected chi connectivity index (χ3v) is 6.36. The van der Waals surface area contributed by atoms with Crippen molar-refractivity contribution < 1.29 is 23.9 Å². The Labute approximate surface area is 179 Å². The Morgan fingerprint density at radius 3 is 1.84 bits per heavy atom. The minimum Gasteiger partial charge on any atom is -0.457 e. The number of nitrogens with two attached hydrogens (primary N) is 1. The highest BCUT2D eigenvalue weighted by Crippen LogP contribution is 2.36. The number of amides is 4. The van der Waals surface area contributed by atoms with Gasteiger partial charge in [-0.25, -0.2) is 0 Å². The first kappa shape index (κ1) is 20.7. The molecular formula is C23H23N3O5.